The normalized spacial score (nSPS) is 11.9. The van der Waals surface area contributed by atoms with E-state index in [4.69, 9.17) is 11.6 Å². The molecule has 0 heterocycles. The number of halogens is 3. The van der Waals surface area contributed by atoms with Gasteiger partial charge in [0.2, 0.25) is 5.91 Å². The average molecular weight is 403 g/mol. The third kappa shape index (κ3) is 5.57. The summed E-state index contributed by atoms with van der Waals surface area (Å²) in [6.45, 7) is -1.33. The van der Waals surface area contributed by atoms with E-state index in [0.717, 1.165) is 0 Å². The minimum atomic E-state index is -2.99. The van der Waals surface area contributed by atoms with Crippen LogP contribution in [0.4, 0.5) is 20.2 Å². The third-order valence-electron chi connectivity index (χ3n) is 3.15. The van der Waals surface area contributed by atoms with Crippen LogP contribution in [0.5, 0.6) is 5.75 Å². The van der Waals surface area contributed by atoms with Gasteiger partial charge in [-0.1, -0.05) is 11.6 Å². The van der Waals surface area contributed by atoms with Gasteiger partial charge in [0.05, 0.1) is 15.2 Å². The molecule has 1 unspecified atom stereocenters. The Bertz CT molecular complexity index is 805. The van der Waals surface area contributed by atoms with Gasteiger partial charge in [-0.2, -0.15) is 8.78 Å². The summed E-state index contributed by atoms with van der Waals surface area (Å²) in [5, 5.41) is 12.7. The number of anilines is 1. The molecule has 0 saturated carbocycles. The molecule has 0 aliphatic rings. The van der Waals surface area contributed by atoms with E-state index >= 15 is 0 Å². The molecule has 1 amide bonds. The molecule has 6 nitrogen and oxygen atoms in total. The summed E-state index contributed by atoms with van der Waals surface area (Å²) < 4.78 is 28.6. The number of benzene rings is 2. The number of nitrogens with zero attached hydrogens (tertiary/aromatic N) is 1. The Morgan fingerprint density at radius 3 is 2.46 bits per heavy atom. The van der Waals surface area contributed by atoms with Crippen molar-refractivity contribution < 1.29 is 23.2 Å². The highest BCUT2D eigenvalue weighted by molar-refractivity contribution is 8.00. The number of non-ortho nitro benzene ring substituents is 1. The van der Waals surface area contributed by atoms with E-state index in [1.807, 2.05) is 0 Å². The lowest BCUT2D eigenvalue weighted by Gasteiger charge is -2.13. The second-order valence-electron chi connectivity index (χ2n) is 5.02. The first kappa shape index (κ1) is 19.9. The topological polar surface area (TPSA) is 81.5 Å². The highest BCUT2D eigenvalue weighted by Crippen LogP contribution is 2.30. The standard InChI is InChI=1S/C16H13ClF2N2O4S/c1-9(26-12-5-3-11(4-6-12)21(23)24)15(22)20-10-2-7-14(13(17)8-10)25-16(18)19/h2-9,16H,1H3,(H,20,22). The van der Waals surface area contributed by atoms with Gasteiger partial charge in [0, 0.05) is 22.7 Å². The van der Waals surface area contributed by atoms with Crippen molar-refractivity contribution >= 4 is 40.6 Å². The van der Waals surface area contributed by atoms with Gasteiger partial charge in [-0.05, 0) is 37.3 Å². The highest BCUT2D eigenvalue weighted by atomic mass is 35.5. The number of carbonyl (C=O) groups excluding carboxylic acids is 1. The molecule has 0 aliphatic carbocycles. The summed E-state index contributed by atoms with van der Waals surface area (Å²) >= 11 is 7.05. The number of alkyl halides is 2. The molecule has 0 radical (unpaired) electrons. The molecular formula is C16H13ClF2N2O4S. The Kier molecular flexibility index (Phi) is 6.76. The van der Waals surface area contributed by atoms with Crippen LogP contribution in [0.15, 0.2) is 47.4 Å². The van der Waals surface area contributed by atoms with Crippen LogP contribution in [0.25, 0.3) is 0 Å². The maximum Gasteiger partial charge on any atom is 0.387 e. The van der Waals surface area contributed by atoms with Crippen LogP contribution in [0.1, 0.15) is 6.92 Å². The van der Waals surface area contributed by atoms with Crippen molar-refractivity contribution in [3.8, 4) is 5.75 Å². The number of nitrogens with one attached hydrogen (secondary N) is 1. The summed E-state index contributed by atoms with van der Waals surface area (Å²) in [5.41, 5.74) is 0.296. The Morgan fingerprint density at radius 1 is 1.27 bits per heavy atom. The molecule has 0 aromatic heterocycles. The van der Waals surface area contributed by atoms with E-state index in [1.54, 1.807) is 19.1 Å². The third-order valence-corrected chi connectivity index (χ3v) is 4.55. The summed E-state index contributed by atoms with van der Waals surface area (Å²) in [6, 6.07) is 9.76. The average Bonchev–Trinajstić information content (AvgIpc) is 2.57. The molecular weight excluding hydrogens is 390 g/mol. The van der Waals surface area contributed by atoms with Gasteiger partial charge in [0.25, 0.3) is 5.69 Å². The Balaban J connectivity index is 1.98. The van der Waals surface area contributed by atoms with Crippen LogP contribution in [-0.2, 0) is 4.79 Å². The monoisotopic (exact) mass is 402 g/mol. The molecule has 2 aromatic carbocycles. The van der Waals surface area contributed by atoms with Gasteiger partial charge in [0.1, 0.15) is 5.75 Å². The summed E-state index contributed by atoms with van der Waals surface area (Å²) in [4.78, 5) is 23.0. The fraction of sp³-hybridized carbons (Fsp3) is 0.188. The second-order valence-corrected chi connectivity index (χ2v) is 6.85. The molecule has 0 fully saturated rings. The minimum absolute atomic E-state index is 0.0350. The number of thioether (sulfide) groups is 1. The van der Waals surface area contributed by atoms with Crippen LogP contribution in [0.2, 0.25) is 5.02 Å². The van der Waals surface area contributed by atoms with Gasteiger partial charge >= 0.3 is 6.61 Å². The smallest absolute Gasteiger partial charge is 0.387 e. The first-order valence-electron chi connectivity index (χ1n) is 7.22. The van der Waals surface area contributed by atoms with Crippen molar-refractivity contribution in [1.82, 2.24) is 0 Å². The van der Waals surface area contributed by atoms with E-state index in [0.29, 0.717) is 10.6 Å². The first-order valence-corrected chi connectivity index (χ1v) is 8.48. The molecule has 138 valence electrons. The number of hydrogen-bond donors (Lipinski definition) is 1. The van der Waals surface area contributed by atoms with Crippen molar-refractivity contribution in [1.29, 1.82) is 0 Å². The predicted molar refractivity (Wildman–Crippen MR) is 95.1 cm³/mol. The molecule has 1 atom stereocenters. The SMILES string of the molecule is CC(Sc1ccc([N+](=O)[O-])cc1)C(=O)Nc1ccc(OC(F)F)c(Cl)c1. The number of ether oxygens (including phenoxy) is 1. The van der Waals surface area contributed by atoms with Gasteiger partial charge in [-0.3, -0.25) is 14.9 Å². The number of amides is 1. The van der Waals surface area contributed by atoms with Crippen molar-refractivity contribution in [2.75, 3.05) is 5.32 Å². The number of carbonyl (C=O) groups is 1. The largest absolute Gasteiger partial charge is 0.433 e. The Labute approximate surface area is 156 Å². The summed E-state index contributed by atoms with van der Waals surface area (Å²) in [7, 11) is 0. The Hall–Kier alpha value is -2.39. The zero-order valence-corrected chi connectivity index (χ0v) is 14.9. The molecule has 2 rings (SSSR count). The molecule has 2 aromatic rings. The zero-order valence-electron chi connectivity index (χ0n) is 13.3. The van der Waals surface area contributed by atoms with E-state index in [9.17, 15) is 23.7 Å². The van der Waals surface area contributed by atoms with Gasteiger partial charge < -0.3 is 10.1 Å². The van der Waals surface area contributed by atoms with Crippen molar-refractivity contribution in [3.63, 3.8) is 0 Å². The van der Waals surface area contributed by atoms with Crippen LogP contribution in [0, 0.1) is 10.1 Å². The maximum absolute atomic E-state index is 12.2. The van der Waals surface area contributed by atoms with Crippen molar-refractivity contribution in [3.05, 3.63) is 57.6 Å². The summed E-state index contributed by atoms with van der Waals surface area (Å²) in [5.74, 6) is -0.528. The van der Waals surface area contributed by atoms with Crippen LogP contribution < -0.4 is 10.1 Å². The Morgan fingerprint density at radius 2 is 1.92 bits per heavy atom. The van der Waals surface area contributed by atoms with Gasteiger partial charge in [-0.25, -0.2) is 0 Å². The number of hydrogen-bond acceptors (Lipinski definition) is 5. The van der Waals surface area contributed by atoms with Gasteiger partial charge in [0.15, 0.2) is 0 Å². The lowest BCUT2D eigenvalue weighted by atomic mass is 10.3. The molecule has 0 aliphatic heterocycles. The quantitative estimate of drug-likeness (QED) is 0.401. The van der Waals surface area contributed by atoms with Crippen LogP contribution in [-0.4, -0.2) is 22.7 Å². The van der Waals surface area contributed by atoms with Crippen molar-refractivity contribution in [2.45, 2.75) is 23.7 Å². The second kappa shape index (κ2) is 8.81. The first-order chi connectivity index (χ1) is 12.3. The maximum atomic E-state index is 12.2. The highest BCUT2D eigenvalue weighted by Gasteiger charge is 2.16. The van der Waals surface area contributed by atoms with Crippen LogP contribution in [0.3, 0.4) is 0 Å². The molecule has 0 spiro atoms. The van der Waals surface area contributed by atoms with Gasteiger partial charge in [-0.15, -0.1) is 11.8 Å². The van der Waals surface area contributed by atoms with Crippen LogP contribution >= 0.6 is 23.4 Å². The fourth-order valence-corrected chi connectivity index (χ4v) is 3.01. The molecule has 26 heavy (non-hydrogen) atoms. The molecule has 0 bridgehead atoms. The molecule has 10 heteroatoms. The summed E-state index contributed by atoms with van der Waals surface area (Å²) in [6.07, 6.45) is 0. The van der Waals surface area contributed by atoms with E-state index < -0.39 is 16.8 Å². The zero-order chi connectivity index (χ0) is 19.3. The lowest BCUT2D eigenvalue weighted by molar-refractivity contribution is -0.384. The van der Waals surface area contributed by atoms with E-state index in [-0.39, 0.29) is 22.4 Å². The molecule has 1 N–H and O–H groups in total. The fourth-order valence-electron chi connectivity index (χ4n) is 1.92. The number of nitro groups is 1. The lowest BCUT2D eigenvalue weighted by Crippen LogP contribution is -2.22. The molecule has 0 saturated heterocycles. The number of rotatable bonds is 7. The van der Waals surface area contributed by atoms with E-state index in [2.05, 4.69) is 10.1 Å². The minimum Gasteiger partial charge on any atom is -0.433 e. The van der Waals surface area contributed by atoms with Crippen molar-refractivity contribution in [2.24, 2.45) is 0 Å². The predicted octanol–water partition coefficient (Wildman–Crippen LogP) is 4.97. The number of nitro benzene ring substituents is 1. The van der Waals surface area contributed by atoms with E-state index in [1.165, 1.54) is 42.1 Å².